The van der Waals surface area contributed by atoms with Crippen molar-refractivity contribution in [3.63, 3.8) is 0 Å². The van der Waals surface area contributed by atoms with E-state index in [0.717, 1.165) is 5.56 Å². The lowest BCUT2D eigenvalue weighted by Crippen LogP contribution is -2.32. The van der Waals surface area contributed by atoms with Crippen LogP contribution in [0.15, 0.2) is 30.3 Å². The van der Waals surface area contributed by atoms with Crippen LogP contribution in [0.5, 0.6) is 0 Å². The van der Waals surface area contributed by atoms with Crippen LogP contribution in [0.25, 0.3) is 0 Å². The number of hydrogen-bond acceptors (Lipinski definition) is 5. The summed E-state index contributed by atoms with van der Waals surface area (Å²) < 4.78 is 22.5. The van der Waals surface area contributed by atoms with Crippen molar-refractivity contribution >= 4 is 0 Å². The molecular formula is C15H20O5. The van der Waals surface area contributed by atoms with Crippen LogP contribution in [0.4, 0.5) is 0 Å². The maximum atomic E-state index is 9.84. The fourth-order valence-electron chi connectivity index (χ4n) is 2.66. The Morgan fingerprint density at radius 3 is 2.60 bits per heavy atom. The summed E-state index contributed by atoms with van der Waals surface area (Å²) in [5.41, 5.74) is 1.10. The van der Waals surface area contributed by atoms with Gasteiger partial charge in [-0.05, 0) is 19.4 Å². The first-order valence-electron chi connectivity index (χ1n) is 6.86. The molecule has 0 amide bonds. The second kappa shape index (κ2) is 5.42. The average Bonchev–Trinajstić information content (AvgIpc) is 2.87. The molecule has 0 unspecified atom stereocenters. The van der Waals surface area contributed by atoms with E-state index in [-0.39, 0.29) is 12.2 Å². The van der Waals surface area contributed by atoms with Crippen LogP contribution in [-0.2, 0) is 25.6 Å². The van der Waals surface area contributed by atoms with E-state index in [0.29, 0.717) is 13.2 Å². The molecule has 0 saturated carbocycles. The summed E-state index contributed by atoms with van der Waals surface area (Å²) in [6, 6.07) is 9.93. The highest BCUT2D eigenvalue weighted by Gasteiger charge is 2.54. The Morgan fingerprint density at radius 1 is 1.15 bits per heavy atom. The van der Waals surface area contributed by atoms with Gasteiger partial charge in [0.2, 0.25) is 0 Å². The van der Waals surface area contributed by atoms with Gasteiger partial charge in [0.25, 0.3) is 0 Å². The van der Waals surface area contributed by atoms with E-state index in [2.05, 4.69) is 0 Å². The number of hydrogen-bond donors (Lipinski definition) is 1. The van der Waals surface area contributed by atoms with Crippen molar-refractivity contribution in [2.75, 3.05) is 6.61 Å². The maximum absolute atomic E-state index is 9.84. The average molecular weight is 280 g/mol. The molecule has 5 heteroatoms. The SMILES string of the molecule is CC1(C)O[C@@H]2[C@H](O1)[C@@H](O)O[C@H]2COCc1ccccc1. The lowest BCUT2D eigenvalue weighted by molar-refractivity contribution is -0.225. The third kappa shape index (κ3) is 2.87. The van der Waals surface area contributed by atoms with Gasteiger partial charge in [0.15, 0.2) is 12.1 Å². The van der Waals surface area contributed by atoms with Crippen LogP contribution in [0.2, 0.25) is 0 Å². The van der Waals surface area contributed by atoms with E-state index < -0.39 is 18.2 Å². The molecule has 3 rings (SSSR count). The van der Waals surface area contributed by atoms with Crippen molar-refractivity contribution in [1.82, 2.24) is 0 Å². The largest absolute Gasteiger partial charge is 0.374 e. The quantitative estimate of drug-likeness (QED) is 0.904. The zero-order valence-electron chi connectivity index (χ0n) is 11.7. The minimum absolute atomic E-state index is 0.282. The molecule has 2 fully saturated rings. The predicted octanol–water partition coefficient (Wildman–Crippen LogP) is 1.44. The van der Waals surface area contributed by atoms with Crippen LogP contribution >= 0.6 is 0 Å². The summed E-state index contributed by atoms with van der Waals surface area (Å²) in [4.78, 5) is 0. The number of fused-ring (bicyclic) bond motifs is 1. The van der Waals surface area contributed by atoms with Crippen molar-refractivity contribution < 1.29 is 24.1 Å². The van der Waals surface area contributed by atoms with Crippen LogP contribution < -0.4 is 0 Å². The molecule has 110 valence electrons. The van der Waals surface area contributed by atoms with Gasteiger partial charge in [-0.2, -0.15) is 0 Å². The van der Waals surface area contributed by atoms with E-state index >= 15 is 0 Å². The molecule has 5 nitrogen and oxygen atoms in total. The highest BCUT2D eigenvalue weighted by molar-refractivity contribution is 5.13. The molecule has 1 aromatic carbocycles. The molecule has 0 aromatic heterocycles. The fraction of sp³-hybridized carbons (Fsp3) is 0.600. The van der Waals surface area contributed by atoms with E-state index in [1.54, 1.807) is 0 Å². The topological polar surface area (TPSA) is 57.2 Å². The fourth-order valence-corrected chi connectivity index (χ4v) is 2.66. The predicted molar refractivity (Wildman–Crippen MR) is 70.8 cm³/mol. The molecule has 2 aliphatic rings. The molecule has 0 spiro atoms. The van der Waals surface area contributed by atoms with Gasteiger partial charge in [-0.3, -0.25) is 0 Å². The van der Waals surface area contributed by atoms with Crippen molar-refractivity contribution in [3.8, 4) is 0 Å². The molecule has 2 aliphatic heterocycles. The standard InChI is InChI=1S/C15H20O5/c1-15(2)19-12-11(18-14(16)13(12)20-15)9-17-8-10-6-4-3-5-7-10/h3-7,11-14,16H,8-9H2,1-2H3/t11-,12-,13-,14-/m0/s1. The molecule has 1 aromatic rings. The molecule has 4 atom stereocenters. The minimum atomic E-state index is -0.952. The van der Waals surface area contributed by atoms with E-state index in [9.17, 15) is 5.11 Å². The Kier molecular flexibility index (Phi) is 3.79. The second-order valence-electron chi connectivity index (χ2n) is 5.63. The molecule has 20 heavy (non-hydrogen) atoms. The van der Waals surface area contributed by atoms with Gasteiger partial charge in [-0.1, -0.05) is 30.3 Å². The highest BCUT2D eigenvalue weighted by Crippen LogP contribution is 2.37. The van der Waals surface area contributed by atoms with Crippen molar-refractivity contribution in [2.24, 2.45) is 0 Å². The number of benzene rings is 1. The third-order valence-electron chi connectivity index (χ3n) is 3.52. The molecule has 2 saturated heterocycles. The van der Waals surface area contributed by atoms with Crippen LogP contribution in [0.1, 0.15) is 19.4 Å². The van der Waals surface area contributed by atoms with E-state index in [1.165, 1.54) is 0 Å². The van der Waals surface area contributed by atoms with Crippen LogP contribution in [-0.4, -0.2) is 42.1 Å². The Hall–Kier alpha value is -0.980. The first-order chi connectivity index (χ1) is 9.55. The summed E-state index contributed by atoms with van der Waals surface area (Å²) in [6.07, 6.45) is -1.97. The maximum Gasteiger partial charge on any atom is 0.184 e. The summed E-state index contributed by atoms with van der Waals surface area (Å²) in [5, 5.41) is 9.84. The molecule has 0 aliphatic carbocycles. The lowest BCUT2D eigenvalue weighted by Gasteiger charge is -2.22. The smallest absolute Gasteiger partial charge is 0.184 e. The van der Waals surface area contributed by atoms with Gasteiger partial charge in [0.05, 0.1) is 13.2 Å². The normalized spacial score (nSPS) is 35.1. The Morgan fingerprint density at radius 2 is 1.85 bits per heavy atom. The molecule has 2 heterocycles. The van der Waals surface area contributed by atoms with Gasteiger partial charge in [0.1, 0.15) is 18.3 Å². The number of aliphatic hydroxyl groups is 1. The summed E-state index contributed by atoms with van der Waals surface area (Å²) in [5.74, 6) is -0.683. The van der Waals surface area contributed by atoms with Crippen LogP contribution in [0.3, 0.4) is 0 Å². The van der Waals surface area contributed by atoms with E-state index in [1.807, 2.05) is 44.2 Å². The number of ether oxygens (including phenoxy) is 4. The monoisotopic (exact) mass is 280 g/mol. The van der Waals surface area contributed by atoms with Crippen molar-refractivity contribution in [3.05, 3.63) is 35.9 Å². The molecular weight excluding hydrogens is 260 g/mol. The lowest BCUT2D eigenvalue weighted by atomic mass is 10.1. The second-order valence-corrected chi connectivity index (χ2v) is 5.63. The summed E-state index contributed by atoms with van der Waals surface area (Å²) in [7, 11) is 0. The minimum Gasteiger partial charge on any atom is -0.374 e. The van der Waals surface area contributed by atoms with E-state index in [4.69, 9.17) is 18.9 Å². The van der Waals surface area contributed by atoms with Gasteiger partial charge in [-0.15, -0.1) is 0 Å². The van der Waals surface area contributed by atoms with Crippen molar-refractivity contribution in [1.29, 1.82) is 0 Å². The Bertz CT molecular complexity index is 447. The van der Waals surface area contributed by atoms with Gasteiger partial charge < -0.3 is 24.1 Å². The van der Waals surface area contributed by atoms with Gasteiger partial charge >= 0.3 is 0 Å². The molecule has 1 N–H and O–H groups in total. The Balaban J connectivity index is 1.53. The number of rotatable bonds is 4. The first-order valence-corrected chi connectivity index (χ1v) is 6.86. The van der Waals surface area contributed by atoms with Crippen LogP contribution in [0, 0.1) is 0 Å². The third-order valence-corrected chi connectivity index (χ3v) is 3.52. The zero-order chi connectivity index (χ0) is 14.2. The highest BCUT2D eigenvalue weighted by atomic mass is 16.8. The summed E-state index contributed by atoms with van der Waals surface area (Å²) >= 11 is 0. The Labute approximate surface area is 118 Å². The van der Waals surface area contributed by atoms with Gasteiger partial charge in [-0.25, -0.2) is 0 Å². The zero-order valence-corrected chi connectivity index (χ0v) is 11.7. The number of aliphatic hydroxyl groups excluding tert-OH is 1. The molecule has 0 radical (unpaired) electrons. The van der Waals surface area contributed by atoms with Crippen molar-refractivity contribution in [2.45, 2.75) is 50.8 Å². The summed E-state index contributed by atoms with van der Waals surface area (Å²) in [6.45, 7) is 4.55. The first kappa shape index (κ1) is 14.0. The molecule has 0 bridgehead atoms. The van der Waals surface area contributed by atoms with Gasteiger partial charge in [0, 0.05) is 0 Å².